The summed E-state index contributed by atoms with van der Waals surface area (Å²) in [7, 11) is 1.87. The summed E-state index contributed by atoms with van der Waals surface area (Å²) >= 11 is 0. The summed E-state index contributed by atoms with van der Waals surface area (Å²) in [4.78, 5) is 13.6. The summed E-state index contributed by atoms with van der Waals surface area (Å²) in [5.74, 6) is 2.01. The average molecular weight is 207 g/mol. The Kier molecular flexibility index (Phi) is 2.50. The fourth-order valence-corrected chi connectivity index (χ4v) is 1.95. The summed E-state index contributed by atoms with van der Waals surface area (Å²) in [5, 5.41) is 4.26. The maximum Gasteiger partial charge on any atom is 0.228 e. The standard InChI is InChI=1S/C11H17N3O/c1-8(2)9-6-11(15)14(7-9)10-4-5-13(3)12-10/h4-5,8-9H,6-7H2,1-3H3. The first-order valence-corrected chi connectivity index (χ1v) is 5.38. The van der Waals surface area contributed by atoms with Gasteiger partial charge in [-0.25, -0.2) is 0 Å². The number of hydrogen-bond acceptors (Lipinski definition) is 2. The minimum atomic E-state index is 0.201. The first-order valence-electron chi connectivity index (χ1n) is 5.38. The number of amides is 1. The lowest BCUT2D eigenvalue weighted by molar-refractivity contribution is -0.117. The highest BCUT2D eigenvalue weighted by Gasteiger charge is 2.33. The minimum absolute atomic E-state index is 0.201. The van der Waals surface area contributed by atoms with Crippen LogP contribution in [0.3, 0.4) is 0 Å². The molecule has 2 heterocycles. The molecule has 0 bridgehead atoms. The van der Waals surface area contributed by atoms with Crippen LogP contribution in [0.2, 0.25) is 0 Å². The molecule has 4 heteroatoms. The van der Waals surface area contributed by atoms with Crippen LogP contribution in [0.1, 0.15) is 20.3 Å². The van der Waals surface area contributed by atoms with Crippen molar-refractivity contribution in [3.63, 3.8) is 0 Å². The van der Waals surface area contributed by atoms with Crippen LogP contribution in [-0.4, -0.2) is 22.2 Å². The number of aromatic nitrogens is 2. The van der Waals surface area contributed by atoms with Crippen molar-refractivity contribution in [1.29, 1.82) is 0 Å². The topological polar surface area (TPSA) is 38.1 Å². The van der Waals surface area contributed by atoms with Crippen LogP contribution in [-0.2, 0) is 11.8 Å². The van der Waals surface area contributed by atoms with E-state index in [1.807, 2.05) is 19.3 Å². The van der Waals surface area contributed by atoms with E-state index < -0.39 is 0 Å². The molecule has 1 saturated heterocycles. The summed E-state index contributed by atoms with van der Waals surface area (Å²) in [5.41, 5.74) is 0. The van der Waals surface area contributed by atoms with Crippen molar-refractivity contribution in [2.45, 2.75) is 20.3 Å². The summed E-state index contributed by atoms with van der Waals surface area (Å²) in [6.45, 7) is 5.15. The van der Waals surface area contributed by atoms with E-state index in [-0.39, 0.29) is 5.91 Å². The van der Waals surface area contributed by atoms with Crippen molar-refractivity contribution in [3.05, 3.63) is 12.3 Å². The fourth-order valence-electron chi connectivity index (χ4n) is 1.95. The van der Waals surface area contributed by atoms with Gasteiger partial charge in [0.25, 0.3) is 0 Å². The Balaban J connectivity index is 2.15. The third kappa shape index (κ3) is 1.89. The Morgan fingerprint density at radius 3 is 2.73 bits per heavy atom. The lowest BCUT2D eigenvalue weighted by Gasteiger charge is -2.15. The van der Waals surface area contributed by atoms with Crippen LogP contribution in [0.25, 0.3) is 0 Å². The van der Waals surface area contributed by atoms with Crippen molar-refractivity contribution < 1.29 is 4.79 Å². The monoisotopic (exact) mass is 207 g/mol. The first kappa shape index (κ1) is 10.2. The average Bonchev–Trinajstić information content (AvgIpc) is 2.71. The van der Waals surface area contributed by atoms with Gasteiger partial charge in [0.1, 0.15) is 0 Å². The highest BCUT2D eigenvalue weighted by molar-refractivity contribution is 5.94. The molecule has 1 fully saturated rings. The predicted octanol–water partition coefficient (Wildman–Crippen LogP) is 1.43. The molecule has 2 rings (SSSR count). The predicted molar refractivity (Wildman–Crippen MR) is 58.5 cm³/mol. The number of nitrogens with zero attached hydrogens (tertiary/aromatic N) is 3. The van der Waals surface area contributed by atoms with Crippen LogP contribution < -0.4 is 4.90 Å². The third-order valence-corrected chi connectivity index (χ3v) is 3.07. The molecule has 1 aliphatic rings. The number of anilines is 1. The maximum absolute atomic E-state index is 11.8. The lowest BCUT2D eigenvalue weighted by atomic mass is 9.95. The molecule has 82 valence electrons. The molecule has 1 unspecified atom stereocenters. The Hall–Kier alpha value is -1.32. The Morgan fingerprint density at radius 1 is 1.53 bits per heavy atom. The van der Waals surface area contributed by atoms with E-state index in [1.165, 1.54) is 0 Å². The highest BCUT2D eigenvalue weighted by Crippen LogP contribution is 2.27. The zero-order valence-corrected chi connectivity index (χ0v) is 9.47. The van der Waals surface area contributed by atoms with Crippen LogP contribution in [0, 0.1) is 11.8 Å². The van der Waals surface area contributed by atoms with E-state index in [0.29, 0.717) is 18.3 Å². The van der Waals surface area contributed by atoms with Crippen molar-refractivity contribution in [1.82, 2.24) is 9.78 Å². The second-order valence-electron chi connectivity index (χ2n) is 4.56. The molecule has 1 amide bonds. The van der Waals surface area contributed by atoms with E-state index in [2.05, 4.69) is 18.9 Å². The molecule has 1 aromatic heterocycles. The SMILES string of the molecule is CC(C)C1CC(=O)N(c2ccn(C)n2)C1. The van der Waals surface area contributed by atoms with E-state index in [1.54, 1.807) is 9.58 Å². The largest absolute Gasteiger partial charge is 0.295 e. The molecule has 0 saturated carbocycles. The Morgan fingerprint density at radius 2 is 2.27 bits per heavy atom. The Labute approximate surface area is 89.9 Å². The number of aryl methyl sites for hydroxylation is 1. The van der Waals surface area contributed by atoms with Crippen LogP contribution >= 0.6 is 0 Å². The van der Waals surface area contributed by atoms with Gasteiger partial charge in [-0.1, -0.05) is 13.8 Å². The fraction of sp³-hybridized carbons (Fsp3) is 0.636. The van der Waals surface area contributed by atoms with Crippen LogP contribution in [0.4, 0.5) is 5.82 Å². The van der Waals surface area contributed by atoms with Crippen molar-refractivity contribution >= 4 is 11.7 Å². The molecule has 0 aromatic carbocycles. The summed E-state index contributed by atoms with van der Waals surface area (Å²) in [6, 6.07) is 1.89. The molecular weight excluding hydrogens is 190 g/mol. The van der Waals surface area contributed by atoms with Gasteiger partial charge in [-0.3, -0.25) is 14.4 Å². The number of rotatable bonds is 2. The van der Waals surface area contributed by atoms with E-state index in [9.17, 15) is 4.79 Å². The smallest absolute Gasteiger partial charge is 0.228 e. The first-order chi connectivity index (χ1) is 7.08. The zero-order chi connectivity index (χ0) is 11.0. The Bertz CT molecular complexity index is 370. The molecule has 1 atom stereocenters. The van der Waals surface area contributed by atoms with Gasteiger partial charge in [-0.2, -0.15) is 5.10 Å². The van der Waals surface area contributed by atoms with Crippen LogP contribution in [0.15, 0.2) is 12.3 Å². The number of carbonyl (C=O) groups is 1. The van der Waals surface area contributed by atoms with Gasteiger partial charge < -0.3 is 0 Å². The van der Waals surface area contributed by atoms with E-state index >= 15 is 0 Å². The number of carbonyl (C=O) groups excluding carboxylic acids is 1. The van der Waals surface area contributed by atoms with Crippen LogP contribution in [0.5, 0.6) is 0 Å². The summed E-state index contributed by atoms with van der Waals surface area (Å²) < 4.78 is 1.73. The molecular formula is C11H17N3O. The second-order valence-corrected chi connectivity index (χ2v) is 4.56. The maximum atomic E-state index is 11.8. The van der Waals surface area contributed by atoms with Gasteiger partial charge >= 0.3 is 0 Å². The molecule has 4 nitrogen and oxygen atoms in total. The van der Waals surface area contributed by atoms with Gasteiger partial charge in [0.2, 0.25) is 5.91 Å². The molecule has 0 aliphatic carbocycles. The molecule has 1 aliphatic heterocycles. The second kappa shape index (κ2) is 3.68. The molecule has 1 aromatic rings. The van der Waals surface area contributed by atoms with E-state index in [4.69, 9.17) is 0 Å². The highest BCUT2D eigenvalue weighted by atomic mass is 16.2. The minimum Gasteiger partial charge on any atom is -0.295 e. The lowest BCUT2D eigenvalue weighted by Crippen LogP contribution is -2.25. The summed E-state index contributed by atoms with van der Waals surface area (Å²) in [6.07, 6.45) is 2.53. The number of hydrogen-bond donors (Lipinski definition) is 0. The van der Waals surface area contributed by atoms with Crippen molar-refractivity contribution in [2.24, 2.45) is 18.9 Å². The van der Waals surface area contributed by atoms with Gasteiger partial charge in [-0.05, 0) is 11.8 Å². The van der Waals surface area contributed by atoms with Gasteiger partial charge in [-0.15, -0.1) is 0 Å². The molecule has 15 heavy (non-hydrogen) atoms. The molecule has 0 radical (unpaired) electrons. The molecule has 0 spiro atoms. The normalized spacial score (nSPS) is 21.7. The van der Waals surface area contributed by atoms with Gasteiger partial charge in [0, 0.05) is 32.3 Å². The quantitative estimate of drug-likeness (QED) is 0.735. The molecule has 0 N–H and O–H groups in total. The zero-order valence-electron chi connectivity index (χ0n) is 9.47. The van der Waals surface area contributed by atoms with Gasteiger partial charge in [0.15, 0.2) is 5.82 Å². The third-order valence-electron chi connectivity index (χ3n) is 3.07. The van der Waals surface area contributed by atoms with Crippen molar-refractivity contribution in [3.8, 4) is 0 Å². The van der Waals surface area contributed by atoms with E-state index in [0.717, 1.165) is 12.4 Å². The van der Waals surface area contributed by atoms with Crippen molar-refractivity contribution in [2.75, 3.05) is 11.4 Å². The van der Waals surface area contributed by atoms with Gasteiger partial charge in [0.05, 0.1) is 0 Å².